The summed E-state index contributed by atoms with van der Waals surface area (Å²) in [6.45, 7) is 3.49. The van der Waals surface area contributed by atoms with Crippen LogP contribution in [0.25, 0.3) is 21.8 Å². The third-order valence-corrected chi connectivity index (χ3v) is 7.26. The monoisotopic (exact) mass is 416 g/mol. The van der Waals surface area contributed by atoms with Crippen molar-refractivity contribution >= 4 is 45.0 Å². The third-order valence-electron chi connectivity index (χ3n) is 5.53. The number of β-lactam (4-membered cyclic amide) rings is 1. The number of carbonyl (C=O) groups is 2. The predicted octanol–water partition coefficient (Wildman–Crippen LogP) is 2.17. The van der Waals surface area contributed by atoms with Crippen molar-refractivity contribution in [2.24, 2.45) is 11.8 Å². The Bertz CT molecular complexity index is 1140. The number of thiazole rings is 2. The van der Waals surface area contributed by atoms with Gasteiger partial charge < -0.3 is 15.1 Å². The average molecular weight is 416 g/mol. The molecule has 5 heterocycles. The molecule has 1 saturated heterocycles. The number of amides is 1. The van der Waals surface area contributed by atoms with Gasteiger partial charge in [-0.2, -0.15) is 0 Å². The summed E-state index contributed by atoms with van der Waals surface area (Å²) < 4.78 is 1.86. The second-order valence-corrected chi connectivity index (χ2v) is 8.85. The maximum Gasteiger partial charge on any atom is 0.352 e. The molecular formula is C18H16N4O4S2. The van der Waals surface area contributed by atoms with Crippen LogP contribution in [0.5, 0.6) is 0 Å². The van der Waals surface area contributed by atoms with Gasteiger partial charge in [0.05, 0.1) is 28.5 Å². The van der Waals surface area contributed by atoms with E-state index in [-0.39, 0.29) is 23.6 Å². The van der Waals surface area contributed by atoms with Gasteiger partial charge >= 0.3 is 5.97 Å². The molecule has 8 nitrogen and oxygen atoms in total. The Morgan fingerprint density at radius 3 is 2.79 bits per heavy atom. The van der Waals surface area contributed by atoms with Gasteiger partial charge in [-0.05, 0) is 6.92 Å². The number of aliphatic hydroxyl groups is 1. The fourth-order valence-electron chi connectivity index (χ4n) is 4.32. The van der Waals surface area contributed by atoms with Crippen molar-refractivity contribution in [1.82, 2.24) is 19.3 Å². The SMILES string of the molecule is C[C@@H](O)[C@H]1C(=O)N2C(C(=O)O)=C(c3cn4cnc(-c5cscn5)c4s3)[C@H](C)[C@H]12. The van der Waals surface area contributed by atoms with Crippen molar-refractivity contribution in [3.63, 3.8) is 0 Å². The standard InChI is InChI=1S/C18H16N4O4S2/c1-7-11(15(18(25)26)22-14(7)12(8(2)23)16(22)24)10-3-21-5-19-13(17(21)28-10)9-4-27-6-20-9/h3-8,12,14,23H,1-2H3,(H,25,26)/t7-,8+,12+,14+/m0/s1. The number of rotatable bonds is 4. The highest BCUT2D eigenvalue weighted by Gasteiger charge is 2.60. The van der Waals surface area contributed by atoms with Gasteiger partial charge in [-0.25, -0.2) is 14.8 Å². The first-order valence-corrected chi connectivity index (χ1v) is 10.5. The molecule has 0 radical (unpaired) electrons. The van der Waals surface area contributed by atoms with Crippen LogP contribution in [0.4, 0.5) is 0 Å². The van der Waals surface area contributed by atoms with Crippen molar-refractivity contribution < 1.29 is 19.8 Å². The van der Waals surface area contributed by atoms with Crippen molar-refractivity contribution in [2.45, 2.75) is 26.0 Å². The summed E-state index contributed by atoms with van der Waals surface area (Å²) in [4.78, 5) is 36.2. The zero-order valence-corrected chi connectivity index (χ0v) is 16.6. The number of fused-ring (bicyclic) bond motifs is 2. The summed E-state index contributed by atoms with van der Waals surface area (Å²) in [5, 5.41) is 21.7. The number of imidazole rings is 1. The molecule has 3 aromatic rings. The summed E-state index contributed by atoms with van der Waals surface area (Å²) in [5.74, 6) is -2.22. The van der Waals surface area contributed by atoms with E-state index >= 15 is 0 Å². The summed E-state index contributed by atoms with van der Waals surface area (Å²) in [6, 6.07) is -0.328. The lowest BCUT2D eigenvalue weighted by Gasteiger charge is -2.46. The number of nitrogens with zero attached hydrogens (tertiary/aromatic N) is 4. The van der Waals surface area contributed by atoms with Gasteiger partial charge in [0.15, 0.2) is 0 Å². The Morgan fingerprint density at radius 1 is 1.36 bits per heavy atom. The van der Waals surface area contributed by atoms with Crippen LogP contribution in [-0.4, -0.2) is 53.5 Å². The van der Waals surface area contributed by atoms with Crippen LogP contribution in [0.2, 0.25) is 0 Å². The molecule has 4 atom stereocenters. The minimum absolute atomic E-state index is 0.0204. The quantitative estimate of drug-likeness (QED) is 0.631. The minimum Gasteiger partial charge on any atom is -0.477 e. The Hall–Kier alpha value is -2.56. The lowest BCUT2D eigenvalue weighted by molar-refractivity contribution is -0.163. The fraction of sp³-hybridized carbons (Fsp3) is 0.333. The van der Waals surface area contributed by atoms with Gasteiger partial charge in [-0.3, -0.25) is 9.20 Å². The van der Waals surface area contributed by atoms with Crippen LogP contribution in [0.1, 0.15) is 18.7 Å². The number of carbonyl (C=O) groups excluding carboxylic acids is 1. The van der Waals surface area contributed by atoms with Crippen molar-refractivity contribution in [2.75, 3.05) is 0 Å². The van der Waals surface area contributed by atoms with Crippen LogP contribution in [0, 0.1) is 11.8 Å². The molecule has 1 fully saturated rings. The van der Waals surface area contributed by atoms with E-state index in [9.17, 15) is 19.8 Å². The van der Waals surface area contributed by atoms with Crippen molar-refractivity contribution in [3.8, 4) is 11.4 Å². The largest absolute Gasteiger partial charge is 0.477 e. The second kappa shape index (κ2) is 5.97. The number of carboxylic acids is 1. The molecule has 0 aromatic carbocycles. The molecule has 0 spiro atoms. The van der Waals surface area contributed by atoms with Gasteiger partial charge in [0.2, 0.25) is 5.91 Å². The zero-order chi connectivity index (χ0) is 19.7. The Morgan fingerprint density at radius 2 is 2.14 bits per heavy atom. The van der Waals surface area contributed by atoms with Gasteiger partial charge in [-0.1, -0.05) is 6.92 Å². The molecule has 144 valence electrons. The summed E-state index contributed by atoms with van der Waals surface area (Å²) >= 11 is 2.92. The van der Waals surface area contributed by atoms with Crippen LogP contribution in [0.15, 0.2) is 29.1 Å². The number of aliphatic hydroxyl groups excluding tert-OH is 1. The molecular weight excluding hydrogens is 400 g/mol. The van der Waals surface area contributed by atoms with E-state index in [0.717, 1.165) is 21.1 Å². The van der Waals surface area contributed by atoms with E-state index in [1.54, 1.807) is 18.8 Å². The highest BCUT2D eigenvalue weighted by Crippen LogP contribution is 2.51. The van der Waals surface area contributed by atoms with Gasteiger partial charge in [0.1, 0.15) is 28.2 Å². The minimum atomic E-state index is -1.13. The Balaban J connectivity index is 1.64. The highest BCUT2D eigenvalue weighted by atomic mass is 32.1. The Labute approximate surface area is 167 Å². The normalized spacial score (nSPS) is 25.3. The number of hydrogen-bond donors (Lipinski definition) is 2. The first-order valence-electron chi connectivity index (χ1n) is 8.74. The van der Waals surface area contributed by atoms with Gasteiger partial charge in [-0.15, -0.1) is 22.7 Å². The van der Waals surface area contributed by atoms with Crippen LogP contribution in [0.3, 0.4) is 0 Å². The molecule has 2 N–H and O–H groups in total. The number of aliphatic carboxylic acids is 1. The van der Waals surface area contributed by atoms with Gasteiger partial charge in [0.25, 0.3) is 0 Å². The average Bonchev–Trinajstić information content (AvgIpc) is 3.36. The van der Waals surface area contributed by atoms with E-state index < -0.39 is 18.0 Å². The molecule has 2 aliphatic rings. The molecule has 0 aliphatic carbocycles. The van der Waals surface area contributed by atoms with E-state index in [1.165, 1.54) is 27.6 Å². The fourth-order valence-corrected chi connectivity index (χ4v) is 6.09. The van der Waals surface area contributed by atoms with E-state index in [4.69, 9.17) is 0 Å². The predicted molar refractivity (Wildman–Crippen MR) is 104 cm³/mol. The van der Waals surface area contributed by atoms with Gasteiger partial charge in [0, 0.05) is 23.1 Å². The van der Waals surface area contributed by atoms with Crippen molar-refractivity contribution in [3.05, 3.63) is 34.0 Å². The molecule has 0 bridgehead atoms. The van der Waals surface area contributed by atoms with E-state index in [0.29, 0.717) is 5.57 Å². The molecule has 5 rings (SSSR count). The molecule has 28 heavy (non-hydrogen) atoms. The summed E-state index contributed by atoms with van der Waals surface area (Å²) in [7, 11) is 0. The first-order chi connectivity index (χ1) is 13.4. The molecule has 0 unspecified atom stereocenters. The maximum absolute atomic E-state index is 12.5. The maximum atomic E-state index is 12.5. The van der Waals surface area contributed by atoms with Crippen molar-refractivity contribution in [1.29, 1.82) is 0 Å². The summed E-state index contributed by atoms with van der Waals surface area (Å²) in [5.41, 5.74) is 3.92. The van der Waals surface area contributed by atoms with E-state index in [2.05, 4.69) is 9.97 Å². The zero-order valence-electron chi connectivity index (χ0n) is 14.9. The van der Waals surface area contributed by atoms with Crippen LogP contribution < -0.4 is 0 Å². The lowest BCUT2D eigenvalue weighted by Crippen LogP contribution is -2.63. The lowest BCUT2D eigenvalue weighted by atomic mass is 9.77. The second-order valence-electron chi connectivity index (χ2n) is 7.10. The molecule has 2 aliphatic heterocycles. The first kappa shape index (κ1) is 17.5. The Kier molecular flexibility index (Phi) is 3.74. The molecule has 10 heteroatoms. The highest BCUT2D eigenvalue weighted by molar-refractivity contribution is 7.19. The number of hydrogen-bond acceptors (Lipinski definition) is 7. The smallest absolute Gasteiger partial charge is 0.352 e. The summed E-state index contributed by atoms with van der Waals surface area (Å²) in [6.07, 6.45) is 2.72. The number of aromatic nitrogens is 3. The van der Waals surface area contributed by atoms with E-state index in [1.807, 2.05) is 22.9 Å². The van der Waals surface area contributed by atoms with Crippen LogP contribution in [-0.2, 0) is 9.59 Å². The molecule has 1 amide bonds. The molecule has 0 saturated carbocycles. The number of carboxylic acid groups (broad SMARTS) is 1. The third kappa shape index (κ3) is 2.19. The van der Waals surface area contributed by atoms with Crippen LogP contribution >= 0.6 is 22.7 Å². The topological polar surface area (TPSA) is 108 Å². The molecule has 3 aromatic heterocycles.